The predicted molar refractivity (Wildman–Crippen MR) is 97.8 cm³/mol. The van der Waals surface area contributed by atoms with Gasteiger partial charge in [-0.3, -0.25) is 0 Å². The smallest absolute Gasteiger partial charge is 0.217 e. The summed E-state index contributed by atoms with van der Waals surface area (Å²) in [6.45, 7) is 8.30. The lowest BCUT2D eigenvalue weighted by atomic mass is 10.1. The molecule has 6 nitrogen and oxygen atoms in total. The highest BCUT2D eigenvalue weighted by Crippen LogP contribution is 2.26. The molecule has 1 saturated heterocycles. The predicted octanol–water partition coefficient (Wildman–Crippen LogP) is 3.91. The minimum atomic E-state index is 0.537. The van der Waals surface area contributed by atoms with E-state index in [4.69, 9.17) is 9.47 Å². The number of morpholine rings is 1. The number of aromatic nitrogens is 1. The van der Waals surface area contributed by atoms with Crippen LogP contribution in [0.4, 0.5) is 11.5 Å². The van der Waals surface area contributed by atoms with Gasteiger partial charge in [-0.05, 0) is 19.4 Å². The van der Waals surface area contributed by atoms with Gasteiger partial charge in [-0.15, -0.1) is 5.11 Å². The number of pyridine rings is 1. The van der Waals surface area contributed by atoms with E-state index in [1.807, 2.05) is 25.1 Å². The third-order valence-corrected chi connectivity index (χ3v) is 3.95. The lowest BCUT2D eigenvalue weighted by molar-refractivity contribution is 0.122. The van der Waals surface area contributed by atoms with Crippen LogP contribution in [0.15, 0.2) is 46.6 Å². The first-order valence-electron chi connectivity index (χ1n) is 8.65. The molecule has 0 aliphatic carbocycles. The number of benzene rings is 1. The van der Waals surface area contributed by atoms with Crippen LogP contribution in [0, 0.1) is 6.92 Å². The van der Waals surface area contributed by atoms with Crippen LogP contribution in [0.3, 0.4) is 0 Å². The van der Waals surface area contributed by atoms with E-state index in [-0.39, 0.29) is 0 Å². The van der Waals surface area contributed by atoms with Gasteiger partial charge in [0.15, 0.2) is 5.82 Å². The SMILES string of the molecule is CCOc1cc(N2CCOCC2)cc(N=NCc2cccc(C)c2)n1. The lowest BCUT2D eigenvalue weighted by Gasteiger charge is -2.29. The van der Waals surface area contributed by atoms with Crippen molar-refractivity contribution in [3.05, 3.63) is 47.5 Å². The fraction of sp³-hybridized carbons (Fsp3) is 0.421. The molecule has 1 aromatic heterocycles. The Morgan fingerprint density at radius 2 is 2.04 bits per heavy atom. The molecule has 1 aliphatic heterocycles. The molecule has 2 heterocycles. The number of azo groups is 1. The van der Waals surface area contributed by atoms with E-state index in [0.29, 0.717) is 24.8 Å². The van der Waals surface area contributed by atoms with Crippen molar-refractivity contribution in [2.45, 2.75) is 20.4 Å². The van der Waals surface area contributed by atoms with Crippen molar-refractivity contribution in [2.75, 3.05) is 37.8 Å². The summed E-state index contributed by atoms with van der Waals surface area (Å²) in [6, 6.07) is 12.2. The summed E-state index contributed by atoms with van der Waals surface area (Å²) in [6.07, 6.45) is 0. The molecular formula is C19H24N4O2. The lowest BCUT2D eigenvalue weighted by Crippen LogP contribution is -2.36. The Hall–Kier alpha value is -2.47. The quantitative estimate of drug-likeness (QED) is 0.748. The highest BCUT2D eigenvalue weighted by Gasteiger charge is 2.14. The van der Waals surface area contributed by atoms with Crippen LogP contribution < -0.4 is 9.64 Å². The van der Waals surface area contributed by atoms with E-state index >= 15 is 0 Å². The number of ether oxygens (including phenoxy) is 2. The van der Waals surface area contributed by atoms with Crippen molar-refractivity contribution in [3.63, 3.8) is 0 Å². The maximum absolute atomic E-state index is 5.59. The third kappa shape index (κ3) is 5.00. The van der Waals surface area contributed by atoms with Gasteiger partial charge in [-0.2, -0.15) is 10.1 Å². The minimum absolute atomic E-state index is 0.537. The van der Waals surface area contributed by atoms with Crippen molar-refractivity contribution in [1.29, 1.82) is 0 Å². The maximum Gasteiger partial charge on any atom is 0.217 e. The first-order valence-corrected chi connectivity index (χ1v) is 8.65. The van der Waals surface area contributed by atoms with Gasteiger partial charge in [0.2, 0.25) is 5.88 Å². The van der Waals surface area contributed by atoms with Crippen LogP contribution in [0.25, 0.3) is 0 Å². The van der Waals surface area contributed by atoms with Crippen LogP contribution >= 0.6 is 0 Å². The zero-order chi connectivity index (χ0) is 17.5. The molecule has 3 rings (SSSR count). The van der Waals surface area contributed by atoms with Crippen LogP contribution in [0.2, 0.25) is 0 Å². The molecule has 0 N–H and O–H groups in total. The molecule has 0 atom stereocenters. The Kier molecular flexibility index (Phi) is 5.95. The van der Waals surface area contributed by atoms with Gasteiger partial charge >= 0.3 is 0 Å². The largest absolute Gasteiger partial charge is 0.478 e. The van der Waals surface area contributed by atoms with E-state index in [1.165, 1.54) is 5.56 Å². The van der Waals surface area contributed by atoms with Crippen molar-refractivity contribution < 1.29 is 9.47 Å². The molecule has 25 heavy (non-hydrogen) atoms. The summed E-state index contributed by atoms with van der Waals surface area (Å²) in [7, 11) is 0. The van der Waals surface area contributed by atoms with Gasteiger partial charge in [0.25, 0.3) is 0 Å². The second-order valence-electron chi connectivity index (χ2n) is 5.94. The third-order valence-electron chi connectivity index (χ3n) is 3.95. The summed E-state index contributed by atoms with van der Waals surface area (Å²) in [5.74, 6) is 1.15. The zero-order valence-electron chi connectivity index (χ0n) is 14.8. The molecule has 1 aromatic carbocycles. The topological polar surface area (TPSA) is 59.3 Å². The number of hydrogen-bond donors (Lipinski definition) is 0. The number of rotatable bonds is 6. The average Bonchev–Trinajstić information content (AvgIpc) is 2.63. The fourth-order valence-electron chi connectivity index (χ4n) is 2.76. The van der Waals surface area contributed by atoms with Crippen LogP contribution in [-0.2, 0) is 11.3 Å². The van der Waals surface area contributed by atoms with Gasteiger partial charge < -0.3 is 14.4 Å². The summed E-state index contributed by atoms with van der Waals surface area (Å²) >= 11 is 0. The van der Waals surface area contributed by atoms with Crippen LogP contribution in [0.5, 0.6) is 5.88 Å². The van der Waals surface area contributed by atoms with Crippen LogP contribution in [-0.4, -0.2) is 37.9 Å². The standard InChI is InChI=1S/C19H24N4O2/c1-3-25-19-13-17(23-7-9-24-10-8-23)12-18(21-19)22-20-14-16-6-4-5-15(2)11-16/h4-6,11-13H,3,7-10,14H2,1-2H3. The summed E-state index contributed by atoms with van der Waals surface area (Å²) in [5.41, 5.74) is 3.41. The molecule has 1 aliphatic rings. The van der Waals surface area contributed by atoms with Crippen LogP contribution in [0.1, 0.15) is 18.1 Å². The molecule has 132 valence electrons. The Labute approximate surface area is 148 Å². The van der Waals surface area contributed by atoms with Gasteiger partial charge in [-0.1, -0.05) is 29.8 Å². The first kappa shape index (κ1) is 17.4. The van der Waals surface area contributed by atoms with Crippen molar-refractivity contribution in [1.82, 2.24) is 4.98 Å². The van der Waals surface area contributed by atoms with Crippen molar-refractivity contribution in [2.24, 2.45) is 10.2 Å². The molecule has 2 aromatic rings. The number of nitrogens with zero attached hydrogens (tertiary/aromatic N) is 4. The summed E-state index contributed by atoms with van der Waals surface area (Å²) in [4.78, 5) is 6.68. The minimum Gasteiger partial charge on any atom is -0.478 e. The molecule has 1 fully saturated rings. The molecule has 0 bridgehead atoms. The molecular weight excluding hydrogens is 316 g/mol. The van der Waals surface area contributed by atoms with Crippen molar-refractivity contribution >= 4 is 11.5 Å². The number of anilines is 1. The fourth-order valence-corrected chi connectivity index (χ4v) is 2.76. The van der Waals surface area contributed by atoms with Gasteiger partial charge in [0, 0.05) is 30.9 Å². The van der Waals surface area contributed by atoms with Gasteiger partial charge in [0.05, 0.1) is 26.4 Å². The molecule has 6 heteroatoms. The molecule has 0 saturated carbocycles. The molecule has 0 amide bonds. The molecule has 0 unspecified atom stereocenters. The summed E-state index contributed by atoms with van der Waals surface area (Å²) in [5, 5.41) is 8.61. The second kappa shape index (κ2) is 8.58. The second-order valence-corrected chi connectivity index (χ2v) is 5.94. The Morgan fingerprint density at radius 1 is 1.20 bits per heavy atom. The first-order chi connectivity index (χ1) is 12.2. The van der Waals surface area contributed by atoms with E-state index in [2.05, 4.69) is 45.2 Å². The Morgan fingerprint density at radius 3 is 2.80 bits per heavy atom. The Balaban J connectivity index is 1.76. The zero-order valence-corrected chi connectivity index (χ0v) is 14.8. The Bertz CT molecular complexity index is 727. The summed E-state index contributed by atoms with van der Waals surface area (Å²) < 4.78 is 11.0. The maximum atomic E-state index is 5.59. The van der Waals surface area contributed by atoms with Crippen molar-refractivity contribution in [3.8, 4) is 5.88 Å². The number of hydrogen-bond acceptors (Lipinski definition) is 6. The number of aryl methyl sites for hydroxylation is 1. The monoisotopic (exact) mass is 340 g/mol. The highest BCUT2D eigenvalue weighted by atomic mass is 16.5. The van der Waals surface area contributed by atoms with E-state index in [1.54, 1.807) is 0 Å². The molecule has 0 spiro atoms. The van der Waals surface area contributed by atoms with E-state index in [9.17, 15) is 0 Å². The average molecular weight is 340 g/mol. The van der Waals surface area contributed by atoms with E-state index in [0.717, 1.165) is 37.6 Å². The normalized spacial score (nSPS) is 14.9. The highest BCUT2D eigenvalue weighted by molar-refractivity contribution is 5.55. The van der Waals surface area contributed by atoms with Gasteiger partial charge in [0.1, 0.15) is 0 Å². The van der Waals surface area contributed by atoms with E-state index < -0.39 is 0 Å². The van der Waals surface area contributed by atoms with Gasteiger partial charge in [-0.25, -0.2) is 0 Å². The molecule has 0 radical (unpaired) electrons.